The fourth-order valence-electron chi connectivity index (χ4n) is 1.82. The van der Waals surface area contributed by atoms with Crippen molar-refractivity contribution in [1.82, 2.24) is 5.32 Å². The molecule has 0 saturated heterocycles. The second kappa shape index (κ2) is 5.99. The molecule has 1 heterocycles. The maximum absolute atomic E-state index is 13.2. The quantitative estimate of drug-likeness (QED) is 0.852. The molecule has 0 bridgehead atoms. The van der Waals surface area contributed by atoms with Gasteiger partial charge in [-0.05, 0) is 69.1 Å². The van der Waals surface area contributed by atoms with E-state index in [0.29, 0.717) is 4.47 Å². The maximum Gasteiger partial charge on any atom is 0.173 e. The lowest BCUT2D eigenvalue weighted by Gasteiger charge is -2.15. The lowest BCUT2D eigenvalue weighted by atomic mass is 10.0. The Morgan fingerprint density at radius 3 is 2.67 bits per heavy atom. The minimum atomic E-state index is -0.246. The first-order valence-corrected chi connectivity index (χ1v) is 7.04. The minimum absolute atomic E-state index is 0.121. The number of nitrogens with one attached hydrogen (secondary N) is 1. The first kappa shape index (κ1) is 13.8. The number of likely N-dealkylation sites (N-methyl/N-ethyl adjacent to an activating group) is 1. The summed E-state index contributed by atoms with van der Waals surface area (Å²) in [5.41, 5.74) is 2.11. The molecule has 1 atom stereocenters. The van der Waals surface area contributed by atoms with E-state index in [-0.39, 0.29) is 11.9 Å². The van der Waals surface area contributed by atoms with Crippen LogP contribution in [0, 0.1) is 5.82 Å². The van der Waals surface area contributed by atoms with Crippen molar-refractivity contribution in [2.24, 2.45) is 0 Å². The summed E-state index contributed by atoms with van der Waals surface area (Å²) in [6.45, 7) is 0. The predicted molar refractivity (Wildman–Crippen MR) is 76.0 cm³/mol. The topological polar surface area (TPSA) is 25.2 Å². The highest BCUT2D eigenvalue weighted by atomic mass is 79.9. The van der Waals surface area contributed by atoms with Gasteiger partial charge in [-0.1, -0.05) is 6.07 Å². The monoisotopic (exact) mass is 375 g/mol. The first-order chi connectivity index (χ1) is 8.61. The zero-order chi connectivity index (χ0) is 13.1. The number of furan rings is 1. The highest BCUT2D eigenvalue weighted by molar-refractivity contribution is 9.10. The molecule has 0 radical (unpaired) electrons. The molecular formula is C13H12Br2FNO. The molecule has 0 amide bonds. The Hall–Kier alpha value is -0.650. The Labute approximate surface area is 122 Å². The van der Waals surface area contributed by atoms with Crippen LogP contribution < -0.4 is 5.32 Å². The summed E-state index contributed by atoms with van der Waals surface area (Å²) in [6, 6.07) is 7.10. The van der Waals surface area contributed by atoms with E-state index in [0.717, 1.165) is 22.2 Å². The molecule has 2 rings (SSSR count). The average molecular weight is 377 g/mol. The summed E-state index contributed by atoms with van der Waals surface area (Å²) < 4.78 is 19.6. The number of hydrogen-bond acceptors (Lipinski definition) is 2. The summed E-state index contributed by atoms with van der Waals surface area (Å²) in [5, 5.41) is 3.23. The molecule has 1 aromatic carbocycles. The highest BCUT2D eigenvalue weighted by Gasteiger charge is 2.16. The molecule has 2 nitrogen and oxygen atoms in total. The molecular weight excluding hydrogens is 365 g/mol. The maximum atomic E-state index is 13.2. The Bertz CT molecular complexity index is 542. The van der Waals surface area contributed by atoms with Crippen molar-refractivity contribution < 1.29 is 8.81 Å². The number of hydrogen-bond donors (Lipinski definition) is 1. The first-order valence-electron chi connectivity index (χ1n) is 5.46. The zero-order valence-electron chi connectivity index (χ0n) is 9.71. The molecule has 1 N–H and O–H groups in total. The van der Waals surface area contributed by atoms with Gasteiger partial charge < -0.3 is 9.73 Å². The van der Waals surface area contributed by atoms with E-state index in [4.69, 9.17) is 4.42 Å². The van der Waals surface area contributed by atoms with Crippen molar-refractivity contribution in [3.05, 3.63) is 56.6 Å². The molecule has 2 aromatic rings. The standard InChI is InChI=1S/C13H12Br2FNO/c1-17-12(9-4-5-18-13(9)15)7-8-2-3-11(16)10(14)6-8/h2-6,12,17H,7H2,1H3. The van der Waals surface area contributed by atoms with Gasteiger partial charge in [0.15, 0.2) is 4.67 Å². The van der Waals surface area contributed by atoms with E-state index in [1.165, 1.54) is 6.07 Å². The van der Waals surface area contributed by atoms with Crippen LogP contribution in [0.5, 0.6) is 0 Å². The molecule has 1 unspecified atom stereocenters. The minimum Gasteiger partial charge on any atom is -0.457 e. The van der Waals surface area contributed by atoms with E-state index >= 15 is 0 Å². The molecule has 0 spiro atoms. The van der Waals surface area contributed by atoms with E-state index in [2.05, 4.69) is 37.2 Å². The van der Waals surface area contributed by atoms with Crippen LogP contribution in [0.3, 0.4) is 0 Å². The molecule has 0 aliphatic heterocycles. The molecule has 0 fully saturated rings. The Morgan fingerprint density at radius 2 is 2.11 bits per heavy atom. The summed E-state index contributed by atoms with van der Waals surface area (Å²) >= 11 is 6.57. The van der Waals surface area contributed by atoms with E-state index < -0.39 is 0 Å². The van der Waals surface area contributed by atoms with Gasteiger partial charge in [0, 0.05) is 11.6 Å². The van der Waals surface area contributed by atoms with Gasteiger partial charge in [-0.2, -0.15) is 0 Å². The van der Waals surface area contributed by atoms with Crippen molar-refractivity contribution in [3.63, 3.8) is 0 Å². The average Bonchev–Trinajstić information content (AvgIpc) is 2.77. The van der Waals surface area contributed by atoms with Gasteiger partial charge in [-0.25, -0.2) is 4.39 Å². The molecule has 18 heavy (non-hydrogen) atoms. The smallest absolute Gasteiger partial charge is 0.173 e. The number of benzene rings is 1. The summed E-state index contributed by atoms with van der Waals surface area (Å²) in [6.07, 6.45) is 2.40. The van der Waals surface area contributed by atoms with Crippen LogP contribution in [0.25, 0.3) is 0 Å². The fourth-order valence-corrected chi connectivity index (χ4v) is 2.77. The van der Waals surface area contributed by atoms with E-state index in [1.807, 2.05) is 13.1 Å². The van der Waals surface area contributed by atoms with Crippen molar-refractivity contribution in [2.45, 2.75) is 12.5 Å². The second-order valence-electron chi connectivity index (χ2n) is 3.94. The van der Waals surface area contributed by atoms with E-state index in [9.17, 15) is 4.39 Å². The third-order valence-corrected chi connectivity index (χ3v) is 4.05. The molecule has 5 heteroatoms. The summed E-state index contributed by atoms with van der Waals surface area (Å²) in [7, 11) is 1.89. The molecule has 96 valence electrons. The van der Waals surface area contributed by atoms with E-state index in [1.54, 1.807) is 18.4 Å². The molecule has 0 saturated carbocycles. The van der Waals surface area contributed by atoms with Crippen LogP contribution in [0.1, 0.15) is 17.2 Å². The lowest BCUT2D eigenvalue weighted by molar-refractivity contribution is 0.518. The van der Waals surface area contributed by atoms with Crippen LogP contribution in [0.15, 0.2) is 44.1 Å². The molecule has 0 aliphatic carbocycles. The number of rotatable bonds is 4. The van der Waals surface area contributed by atoms with Crippen LogP contribution in [0.4, 0.5) is 4.39 Å². The lowest BCUT2D eigenvalue weighted by Crippen LogP contribution is -2.18. The van der Waals surface area contributed by atoms with Gasteiger partial charge in [-0.15, -0.1) is 0 Å². The van der Waals surface area contributed by atoms with Crippen molar-refractivity contribution in [2.75, 3.05) is 7.05 Å². The predicted octanol–water partition coefficient (Wildman–Crippen LogP) is 4.45. The Kier molecular flexibility index (Phi) is 4.59. The van der Waals surface area contributed by atoms with Crippen molar-refractivity contribution >= 4 is 31.9 Å². The Morgan fingerprint density at radius 1 is 1.33 bits per heavy atom. The van der Waals surface area contributed by atoms with Gasteiger partial charge >= 0.3 is 0 Å². The van der Waals surface area contributed by atoms with Crippen LogP contribution in [-0.4, -0.2) is 7.05 Å². The third kappa shape index (κ3) is 3.02. The molecule has 1 aromatic heterocycles. The fraction of sp³-hybridized carbons (Fsp3) is 0.231. The Balaban J connectivity index is 2.20. The van der Waals surface area contributed by atoms with Gasteiger partial charge in [0.05, 0.1) is 10.7 Å². The van der Waals surface area contributed by atoms with Gasteiger partial charge in [0.2, 0.25) is 0 Å². The van der Waals surface area contributed by atoms with Crippen molar-refractivity contribution in [1.29, 1.82) is 0 Å². The second-order valence-corrected chi connectivity index (χ2v) is 5.52. The van der Waals surface area contributed by atoms with Crippen LogP contribution in [-0.2, 0) is 6.42 Å². The summed E-state index contributed by atoms with van der Waals surface area (Å²) in [5.74, 6) is -0.246. The SMILES string of the molecule is CNC(Cc1ccc(F)c(Br)c1)c1ccoc1Br. The molecule has 0 aliphatic rings. The summed E-state index contributed by atoms with van der Waals surface area (Å²) in [4.78, 5) is 0. The normalized spacial score (nSPS) is 12.7. The largest absolute Gasteiger partial charge is 0.457 e. The van der Waals surface area contributed by atoms with Crippen LogP contribution >= 0.6 is 31.9 Å². The third-order valence-electron chi connectivity index (χ3n) is 2.79. The van der Waals surface area contributed by atoms with Gasteiger partial charge in [-0.3, -0.25) is 0 Å². The van der Waals surface area contributed by atoms with Crippen molar-refractivity contribution in [3.8, 4) is 0 Å². The zero-order valence-corrected chi connectivity index (χ0v) is 12.9. The highest BCUT2D eigenvalue weighted by Crippen LogP contribution is 2.28. The van der Waals surface area contributed by atoms with Gasteiger partial charge in [0.1, 0.15) is 5.82 Å². The van der Waals surface area contributed by atoms with Crippen LogP contribution in [0.2, 0.25) is 0 Å². The number of halogens is 3. The van der Waals surface area contributed by atoms with Gasteiger partial charge in [0.25, 0.3) is 0 Å².